The molecule has 0 aromatic rings. The molecule has 24 heavy (non-hydrogen) atoms. The van der Waals surface area contributed by atoms with Crippen LogP contribution in [0.5, 0.6) is 0 Å². The molecule has 1 heterocycles. The second kappa shape index (κ2) is 10.0. The van der Waals surface area contributed by atoms with Gasteiger partial charge in [-0.25, -0.2) is 0 Å². The fourth-order valence-electron chi connectivity index (χ4n) is 4.13. The highest BCUT2D eigenvalue weighted by atomic mass is 16.2. The predicted molar refractivity (Wildman–Crippen MR) is 96.6 cm³/mol. The van der Waals surface area contributed by atoms with E-state index in [0.29, 0.717) is 37.4 Å². The SMILES string of the molecule is CC1CCCC(C)C1NCC(=O)NCCCN1CCCCCC1=O. The lowest BCUT2D eigenvalue weighted by molar-refractivity contribution is -0.130. The van der Waals surface area contributed by atoms with E-state index in [1.807, 2.05) is 4.90 Å². The molecule has 0 spiro atoms. The third kappa shape index (κ3) is 6.08. The molecule has 2 N–H and O–H groups in total. The van der Waals surface area contributed by atoms with Crippen molar-refractivity contribution in [2.75, 3.05) is 26.2 Å². The second-order valence-corrected chi connectivity index (χ2v) is 7.69. The van der Waals surface area contributed by atoms with Crippen LogP contribution in [0.15, 0.2) is 0 Å². The third-order valence-corrected chi connectivity index (χ3v) is 5.64. The zero-order chi connectivity index (χ0) is 17.4. The number of nitrogens with zero attached hydrogens (tertiary/aromatic N) is 1. The van der Waals surface area contributed by atoms with E-state index in [9.17, 15) is 9.59 Å². The van der Waals surface area contributed by atoms with Gasteiger partial charge < -0.3 is 15.5 Å². The minimum absolute atomic E-state index is 0.0715. The van der Waals surface area contributed by atoms with E-state index in [1.54, 1.807) is 0 Å². The molecular formula is C19H35N3O2. The number of carbonyl (C=O) groups is 2. The van der Waals surface area contributed by atoms with E-state index in [-0.39, 0.29) is 11.8 Å². The topological polar surface area (TPSA) is 61.4 Å². The molecule has 0 radical (unpaired) electrons. The van der Waals surface area contributed by atoms with Gasteiger partial charge in [0.25, 0.3) is 0 Å². The number of rotatable bonds is 7. The van der Waals surface area contributed by atoms with Crippen LogP contribution in [0, 0.1) is 11.8 Å². The molecular weight excluding hydrogens is 302 g/mol. The number of amides is 2. The monoisotopic (exact) mass is 337 g/mol. The summed E-state index contributed by atoms with van der Waals surface area (Å²) in [6, 6.07) is 0.458. The summed E-state index contributed by atoms with van der Waals surface area (Å²) >= 11 is 0. The largest absolute Gasteiger partial charge is 0.355 e. The van der Waals surface area contributed by atoms with Crippen LogP contribution in [0.1, 0.15) is 65.2 Å². The number of hydrogen-bond acceptors (Lipinski definition) is 3. The third-order valence-electron chi connectivity index (χ3n) is 5.64. The molecule has 1 saturated carbocycles. The van der Waals surface area contributed by atoms with Gasteiger partial charge in [-0.1, -0.05) is 26.7 Å². The molecule has 0 bridgehead atoms. The summed E-state index contributed by atoms with van der Waals surface area (Å²) in [6.07, 6.45) is 8.64. The average molecular weight is 338 g/mol. The Morgan fingerprint density at radius 2 is 1.88 bits per heavy atom. The Balaban J connectivity index is 1.58. The molecule has 2 atom stereocenters. The van der Waals surface area contributed by atoms with Gasteiger partial charge >= 0.3 is 0 Å². The Bertz CT molecular complexity index is 403. The van der Waals surface area contributed by atoms with Gasteiger partial charge in [-0.3, -0.25) is 9.59 Å². The van der Waals surface area contributed by atoms with E-state index in [1.165, 1.54) is 19.3 Å². The number of nitrogens with one attached hydrogen (secondary N) is 2. The Hall–Kier alpha value is -1.10. The van der Waals surface area contributed by atoms with Gasteiger partial charge in [0, 0.05) is 32.1 Å². The highest BCUT2D eigenvalue weighted by Gasteiger charge is 2.27. The molecule has 2 fully saturated rings. The standard InChI is InChI=1S/C19H35N3O2/c1-15-8-6-9-16(2)19(15)21-14-17(23)20-11-7-13-22-12-5-3-4-10-18(22)24/h15-16,19,21H,3-14H2,1-2H3,(H,20,23). The molecule has 2 rings (SSSR count). The first-order chi connectivity index (χ1) is 11.6. The quantitative estimate of drug-likeness (QED) is 0.701. The fourth-order valence-corrected chi connectivity index (χ4v) is 4.13. The van der Waals surface area contributed by atoms with Gasteiger partial charge in [0.05, 0.1) is 6.54 Å². The van der Waals surface area contributed by atoms with E-state index in [0.717, 1.165) is 38.8 Å². The highest BCUT2D eigenvalue weighted by Crippen LogP contribution is 2.28. The molecule has 2 aliphatic rings. The molecule has 0 aromatic carbocycles. The normalized spacial score (nSPS) is 28.5. The maximum atomic E-state index is 12.0. The molecule has 138 valence electrons. The van der Waals surface area contributed by atoms with Crippen LogP contribution in [-0.4, -0.2) is 48.9 Å². The zero-order valence-electron chi connectivity index (χ0n) is 15.5. The summed E-state index contributed by atoms with van der Waals surface area (Å²) in [6.45, 7) is 7.27. The average Bonchev–Trinajstić information content (AvgIpc) is 2.75. The van der Waals surface area contributed by atoms with Crippen LogP contribution in [0.25, 0.3) is 0 Å². The Morgan fingerprint density at radius 3 is 2.62 bits per heavy atom. The van der Waals surface area contributed by atoms with Crippen LogP contribution in [0.3, 0.4) is 0 Å². The molecule has 1 aliphatic heterocycles. The fraction of sp³-hybridized carbons (Fsp3) is 0.895. The summed E-state index contributed by atoms with van der Waals surface area (Å²) in [4.78, 5) is 25.9. The smallest absolute Gasteiger partial charge is 0.233 e. The maximum absolute atomic E-state index is 12.0. The van der Waals surface area contributed by atoms with Crippen molar-refractivity contribution in [1.82, 2.24) is 15.5 Å². The summed E-state index contributed by atoms with van der Waals surface area (Å²) in [5.74, 6) is 1.65. The molecule has 2 unspecified atom stereocenters. The van der Waals surface area contributed by atoms with E-state index in [4.69, 9.17) is 0 Å². The van der Waals surface area contributed by atoms with Gasteiger partial charge in [-0.05, 0) is 43.9 Å². The zero-order valence-corrected chi connectivity index (χ0v) is 15.5. The first kappa shape index (κ1) is 19.2. The Labute approximate surface area is 146 Å². The molecule has 1 aliphatic carbocycles. The minimum Gasteiger partial charge on any atom is -0.355 e. The Morgan fingerprint density at radius 1 is 1.12 bits per heavy atom. The van der Waals surface area contributed by atoms with Gasteiger partial charge in [0.15, 0.2) is 0 Å². The van der Waals surface area contributed by atoms with Crippen molar-refractivity contribution >= 4 is 11.8 Å². The van der Waals surface area contributed by atoms with Crippen molar-refractivity contribution < 1.29 is 9.59 Å². The van der Waals surface area contributed by atoms with Gasteiger partial charge in [-0.2, -0.15) is 0 Å². The summed E-state index contributed by atoms with van der Waals surface area (Å²) in [7, 11) is 0. The Kier molecular flexibility index (Phi) is 8.03. The summed E-state index contributed by atoms with van der Waals surface area (Å²) in [5, 5.41) is 6.43. The van der Waals surface area contributed by atoms with Crippen LogP contribution in [0.4, 0.5) is 0 Å². The van der Waals surface area contributed by atoms with Crippen molar-refractivity contribution in [3.05, 3.63) is 0 Å². The molecule has 5 heteroatoms. The van der Waals surface area contributed by atoms with E-state index < -0.39 is 0 Å². The number of hydrogen-bond donors (Lipinski definition) is 2. The van der Waals surface area contributed by atoms with E-state index >= 15 is 0 Å². The van der Waals surface area contributed by atoms with Crippen molar-refractivity contribution in [3.8, 4) is 0 Å². The molecule has 5 nitrogen and oxygen atoms in total. The van der Waals surface area contributed by atoms with Crippen LogP contribution >= 0.6 is 0 Å². The van der Waals surface area contributed by atoms with Crippen molar-refractivity contribution in [1.29, 1.82) is 0 Å². The molecule has 0 aromatic heterocycles. The van der Waals surface area contributed by atoms with Crippen LogP contribution in [0.2, 0.25) is 0 Å². The van der Waals surface area contributed by atoms with Crippen molar-refractivity contribution in [2.45, 2.75) is 71.3 Å². The highest BCUT2D eigenvalue weighted by molar-refractivity contribution is 5.78. The van der Waals surface area contributed by atoms with E-state index in [2.05, 4.69) is 24.5 Å². The minimum atomic E-state index is 0.0715. The summed E-state index contributed by atoms with van der Waals surface area (Å²) in [5.41, 5.74) is 0. The lowest BCUT2D eigenvalue weighted by Crippen LogP contribution is -2.47. The number of likely N-dealkylation sites (tertiary alicyclic amines) is 1. The second-order valence-electron chi connectivity index (χ2n) is 7.69. The van der Waals surface area contributed by atoms with Gasteiger partial charge in [0.2, 0.25) is 11.8 Å². The first-order valence-corrected chi connectivity index (χ1v) is 9.86. The molecule has 2 amide bonds. The first-order valence-electron chi connectivity index (χ1n) is 9.86. The lowest BCUT2D eigenvalue weighted by Gasteiger charge is -2.35. The van der Waals surface area contributed by atoms with Gasteiger partial charge in [-0.15, -0.1) is 0 Å². The lowest BCUT2D eigenvalue weighted by atomic mass is 9.79. The van der Waals surface area contributed by atoms with Gasteiger partial charge in [0.1, 0.15) is 0 Å². The van der Waals surface area contributed by atoms with Crippen LogP contribution in [-0.2, 0) is 9.59 Å². The van der Waals surface area contributed by atoms with Crippen molar-refractivity contribution in [3.63, 3.8) is 0 Å². The maximum Gasteiger partial charge on any atom is 0.233 e. The number of carbonyl (C=O) groups excluding carboxylic acids is 2. The van der Waals surface area contributed by atoms with Crippen molar-refractivity contribution in [2.24, 2.45) is 11.8 Å². The molecule has 1 saturated heterocycles. The van der Waals surface area contributed by atoms with Crippen LogP contribution < -0.4 is 10.6 Å². The summed E-state index contributed by atoms with van der Waals surface area (Å²) < 4.78 is 0. The predicted octanol–water partition coefficient (Wildman–Crippen LogP) is 2.31.